The summed E-state index contributed by atoms with van der Waals surface area (Å²) in [4.78, 5) is 10.5. The predicted molar refractivity (Wildman–Crippen MR) is 45.8 cm³/mol. The van der Waals surface area contributed by atoms with E-state index in [4.69, 9.17) is 11.0 Å². The number of nitrogens with two attached hydrogens (primary N) is 1. The van der Waals surface area contributed by atoms with Gasteiger partial charge >= 0.3 is 0 Å². The van der Waals surface area contributed by atoms with Gasteiger partial charge in [0.05, 0.1) is 12.6 Å². The van der Waals surface area contributed by atoms with E-state index >= 15 is 0 Å². The Morgan fingerprint density at radius 3 is 2.46 bits per heavy atom. The summed E-state index contributed by atoms with van der Waals surface area (Å²) in [6, 6.07) is 1.51. The van der Waals surface area contributed by atoms with E-state index in [1.54, 1.807) is 6.92 Å². The normalized spacial score (nSPS) is 11.2. The van der Waals surface area contributed by atoms with Crippen LogP contribution in [0.25, 0.3) is 0 Å². The second-order valence-electron chi connectivity index (χ2n) is 2.31. The number of carbonyl (C=O) groups is 1. The zero-order chi connectivity index (χ0) is 10.5. The van der Waals surface area contributed by atoms with Crippen molar-refractivity contribution in [1.82, 2.24) is 4.31 Å². The van der Waals surface area contributed by atoms with Gasteiger partial charge in [-0.05, 0) is 0 Å². The number of sulfonamides is 1. The lowest BCUT2D eigenvalue weighted by Gasteiger charge is -2.16. The Labute approximate surface area is 77.0 Å². The minimum absolute atomic E-state index is 0.132. The van der Waals surface area contributed by atoms with Crippen molar-refractivity contribution in [2.75, 3.05) is 18.8 Å². The number of amides is 1. The Morgan fingerprint density at radius 2 is 2.15 bits per heavy atom. The van der Waals surface area contributed by atoms with Gasteiger partial charge in [-0.25, -0.2) is 8.42 Å². The molecule has 0 unspecified atom stereocenters. The van der Waals surface area contributed by atoms with Crippen molar-refractivity contribution in [3.8, 4) is 6.07 Å². The molecule has 0 aromatic rings. The Bertz CT molecular complexity index is 317. The number of hydrogen-bond acceptors (Lipinski definition) is 4. The molecule has 0 atom stereocenters. The minimum atomic E-state index is -3.65. The monoisotopic (exact) mass is 205 g/mol. The first-order valence-corrected chi connectivity index (χ1v) is 5.18. The third-order valence-corrected chi connectivity index (χ3v) is 2.99. The molecule has 0 aliphatic rings. The van der Waals surface area contributed by atoms with Gasteiger partial charge < -0.3 is 5.73 Å². The van der Waals surface area contributed by atoms with Gasteiger partial charge in [0.2, 0.25) is 15.9 Å². The molecular formula is C6H11N3O3S. The van der Waals surface area contributed by atoms with Gasteiger partial charge in [0.1, 0.15) is 0 Å². The third-order valence-electron chi connectivity index (χ3n) is 1.33. The summed E-state index contributed by atoms with van der Waals surface area (Å²) < 4.78 is 23.3. The van der Waals surface area contributed by atoms with E-state index in [0.29, 0.717) is 0 Å². The number of likely N-dealkylation sites (N-methyl/N-ethyl adjacent to an activating group) is 1. The summed E-state index contributed by atoms with van der Waals surface area (Å²) >= 11 is 0. The molecule has 0 bridgehead atoms. The molecule has 0 radical (unpaired) electrons. The molecule has 74 valence electrons. The van der Waals surface area contributed by atoms with Crippen LogP contribution in [0.5, 0.6) is 0 Å². The smallest absolute Gasteiger partial charge is 0.232 e. The molecule has 0 rings (SSSR count). The van der Waals surface area contributed by atoms with Crippen LogP contribution in [0.15, 0.2) is 0 Å². The summed E-state index contributed by atoms with van der Waals surface area (Å²) in [6.07, 6.45) is 0. The molecule has 0 aliphatic carbocycles. The van der Waals surface area contributed by atoms with Crippen molar-refractivity contribution in [2.24, 2.45) is 5.73 Å². The molecule has 7 heteroatoms. The minimum Gasteiger partial charge on any atom is -0.369 e. The Morgan fingerprint density at radius 1 is 1.62 bits per heavy atom. The van der Waals surface area contributed by atoms with Gasteiger partial charge in [0.15, 0.2) is 5.75 Å². The van der Waals surface area contributed by atoms with E-state index < -0.39 is 21.7 Å². The molecule has 0 aliphatic heterocycles. The standard InChI is InChI=1S/C6H11N3O3S/c1-2-9(5-6(8)10)13(11,12)4-3-7/h2,4-5H2,1H3,(H2,8,10). The molecule has 6 nitrogen and oxygen atoms in total. The maximum atomic E-state index is 11.2. The van der Waals surface area contributed by atoms with Crippen LogP contribution in [0.3, 0.4) is 0 Å². The molecule has 0 saturated heterocycles. The predicted octanol–water partition coefficient (Wildman–Crippen LogP) is -1.35. The van der Waals surface area contributed by atoms with Crippen LogP contribution in [0.4, 0.5) is 0 Å². The van der Waals surface area contributed by atoms with Gasteiger partial charge in [-0.1, -0.05) is 6.92 Å². The van der Waals surface area contributed by atoms with E-state index in [0.717, 1.165) is 4.31 Å². The Balaban J connectivity index is 4.59. The van der Waals surface area contributed by atoms with Crippen LogP contribution < -0.4 is 5.73 Å². The maximum absolute atomic E-state index is 11.2. The highest BCUT2D eigenvalue weighted by molar-refractivity contribution is 7.89. The van der Waals surface area contributed by atoms with Crippen molar-refractivity contribution in [1.29, 1.82) is 5.26 Å². The lowest BCUT2D eigenvalue weighted by atomic mass is 10.6. The topological polar surface area (TPSA) is 104 Å². The van der Waals surface area contributed by atoms with E-state index in [1.165, 1.54) is 6.07 Å². The number of nitrogens with zero attached hydrogens (tertiary/aromatic N) is 2. The highest BCUT2D eigenvalue weighted by atomic mass is 32.2. The van der Waals surface area contributed by atoms with E-state index in [-0.39, 0.29) is 13.1 Å². The zero-order valence-electron chi connectivity index (χ0n) is 7.23. The van der Waals surface area contributed by atoms with Crippen LogP contribution in [0.1, 0.15) is 6.92 Å². The van der Waals surface area contributed by atoms with Crippen molar-refractivity contribution >= 4 is 15.9 Å². The third kappa shape index (κ3) is 3.87. The van der Waals surface area contributed by atoms with Crippen LogP contribution in [-0.2, 0) is 14.8 Å². The van der Waals surface area contributed by atoms with Crippen molar-refractivity contribution in [3.05, 3.63) is 0 Å². The number of rotatable bonds is 5. The van der Waals surface area contributed by atoms with Gasteiger partial charge in [-0.15, -0.1) is 0 Å². The van der Waals surface area contributed by atoms with Gasteiger partial charge in [-0.2, -0.15) is 9.57 Å². The van der Waals surface area contributed by atoms with Gasteiger partial charge in [0, 0.05) is 6.54 Å². The molecule has 0 spiro atoms. The molecule has 0 heterocycles. The van der Waals surface area contributed by atoms with Crippen LogP contribution in [0, 0.1) is 11.3 Å². The molecular weight excluding hydrogens is 194 g/mol. The first kappa shape index (κ1) is 11.9. The molecule has 0 aromatic heterocycles. The number of carbonyl (C=O) groups excluding carboxylic acids is 1. The second kappa shape index (κ2) is 4.79. The number of nitriles is 1. The first-order chi connectivity index (χ1) is 5.94. The average Bonchev–Trinajstić information content (AvgIpc) is 1.99. The fourth-order valence-corrected chi connectivity index (χ4v) is 1.82. The fraction of sp³-hybridized carbons (Fsp3) is 0.667. The summed E-state index contributed by atoms with van der Waals surface area (Å²) in [5, 5.41) is 8.21. The van der Waals surface area contributed by atoms with Crippen molar-refractivity contribution < 1.29 is 13.2 Å². The largest absolute Gasteiger partial charge is 0.369 e. The summed E-state index contributed by atoms with van der Waals surface area (Å²) in [7, 11) is -3.65. The average molecular weight is 205 g/mol. The number of hydrogen-bond donors (Lipinski definition) is 1. The van der Waals surface area contributed by atoms with E-state index in [9.17, 15) is 13.2 Å². The molecule has 13 heavy (non-hydrogen) atoms. The van der Waals surface area contributed by atoms with E-state index in [2.05, 4.69) is 0 Å². The molecule has 0 aromatic carbocycles. The second-order valence-corrected chi connectivity index (χ2v) is 4.28. The van der Waals surface area contributed by atoms with E-state index in [1.807, 2.05) is 0 Å². The maximum Gasteiger partial charge on any atom is 0.232 e. The quantitative estimate of drug-likeness (QED) is 0.598. The zero-order valence-corrected chi connectivity index (χ0v) is 8.04. The lowest BCUT2D eigenvalue weighted by Crippen LogP contribution is -2.39. The van der Waals surface area contributed by atoms with Crippen LogP contribution in [-0.4, -0.2) is 37.5 Å². The molecule has 1 amide bonds. The number of primary amides is 1. The van der Waals surface area contributed by atoms with Crippen LogP contribution >= 0.6 is 0 Å². The SMILES string of the molecule is CCN(CC(N)=O)S(=O)(=O)CC#N. The fourth-order valence-electron chi connectivity index (χ4n) is 0.754. The first-order valence-electron chi connectivity index (χ1n) is 3.57. The Hall–Kier alpha value is -1.13. The van der Waals surface area contributed by atoms with Gasteiger partial charge in [0.25, 0.3) is 0 Å². The summed E-state index contributed by atoms with van der Waals surface area (Å²) in [5.74, 6) is -1.36. The molecule has 2 N–H and O–H groups in total. The molecule has 0 fully saturated rings. The Kier molecular flexibility index (Phi) is 4.37. The highest BCUT2D eigenvalue weighted by Crippen LogP contribution is 1.99. The summed E-state index contributed by atoms with van der Waals surface area (Å²) in [6.45, 7) is 1.32. The van der Waals surface area contributed by atoms with Gasteiger partial charge in [-0.3, -0.25) is 4.79 Å². The summed E-state index contributed by atoms with van der Waals surface area (Å²) in [5.41, 5.74) is 4.83. The molecule has 0 saturated carbocycles. The van der Waals surface area contributed by atoms with Crippen molar-refractivity contribution in [2.45, 2.75) is 6.92 Å². The van der Waals surface area contributed by atoms with Crippen LogP contribution in [0.2, 0.25) is 0 Å². The lowest BCUT2D eigenvalue weighted by molar-refractivity contribution is -0.118. The van der Waals surface area contributed by atoms with Crippen molar-refractivity contribution in [3.63, 3.8) is 0 Å². The highest BCUT2D eigenvalue weighted by Gasteiger charge is 2.21.